The van der Waals surface area contributed by atoms with Crippen molar-refractivity contribution in [2.75, 3.05) is 45.7 Å². The maximum Gasteiger partial charge on any atom is 0.316 e. The van der Waals surface area contributed by atoms with Crippen LogP contribution in [0.25, 0.3) is 0 Å². The number of primary amides is 1. The second-order valence-electron chi connectivity index (χ2n) is 6.83. The number of hydrogen-bond acceptors (Lipinski definition) is 5. The van der Waals surface area contributed by atoms with Gasteiger partial charge in [-0.1, -0.05) is 12.1 Å². The summed E-state index contributed by atoms with van der Waals surface area (Å²) in [6, 6.07) is 12.1. The van der Waals surface area contributed by atoms with Crippen molar-refractivity contribution in [2.45, 2.75) is 6.54 Å². The zero-order chi connectivity index (χ0) is 20.8. The molecule has 0 aromatic heterocycles. The molecule has 2 aromatic rings. The maximum absolute atomic E-state index is 12.8. The fourth-order valence-corrected chi connectivity index (χ4v) is 3.40. The molecule has 1 fully saturated rings. The molecule has 1 aliphatic heterocycles. The first-order valence-electron chi connectivity index (χ1n) is 9.39. The second-order valence-corrected chi connectivity index (χ2v) is 6.83. The van der Waals surface area contributed by atoms with Crippen LogP contribution in [0.3, 0.4) is 0 Å². The Hall–Kier alpha value is -3.26. The van der Waals surface area contributed by atoms with Gasteiger partial charge in [0.05, 0.1) is 14.2 Å². The summed E-state index contributed by atoms with van der Waals surface area (Å²) < 4.78 is 10.6. The molecule has 0 radical (unpaired) electrons. The van der Waals surface area contributed by atoms with Gasteiger partial charge in [-0.25, -0.2) is 4.79 Å². The van der Waals surface area contributed by atoms with Gasteiger partial charge < -0.3 is 25.4 Å². The Morgan fingerprint density at radius 2 is 1.72 bits per heavy atom. The Balaban J connectivity index is 1.58. The molecular weight excluding hydrogens is 372 g/mol. The Morgan fingerprint density at radius 3 is 2.38 bits per heavy atom. The zero-order valence-corrected chi connectivity index (χ0v) is 16.7. The van der Waals surface area contributed by atoms with Gasteiger partial charge in [0, 0.05) is 44.0 Å². The van der Waals surface area contributed by atoms with Crippen molar-refractivity contribution in [3.8, 4) is 11.5 Å². The van der Waals surface area contributed by atoms with Crippen LogP contribution in [0, 0.1) is 0 Å². The SMILES string of the molecule is COc1ccc(CN2CCN(C(=O)c3cccc(NC(N)=O)c3)CC2)cc1OC. The molecule has 154 valence electrons. The first-order valence-corrected chi connectivity index (χ1v) is 9.39. The van der Waals surface area contributed by atoms with Gasteiger partial charge in [0.1, 0.15) is 0 Å². The summed E-state index contributed by atoms with van der Waals surface area (Å²) in [6.45, 7) is 3.61. The molecule has 8 nitrogen and oxygen atoms in total. The summed E-state index contributed by atoms with van der Waals surface area (Å²) in [7, 11) is 3.24. The fourth-order valence-electron chi connectivity index (χ4n) is 3.40. The van der Waals surface area contributed by atoms with Gasteiger partial charge in [-0.2, -0.15) is 0 Å². The smallest absolute Gasteiger partial charge is 0.316 e. The quantitative estimate of drug-likeness (QED) is 0.777. The number of anilines is 1. The number of methoxy groups -OCH3 is 2. The number of hydrogen-bond donors (Lipinski definition) is 2. The van der Waals surface area contributed by atoms with Crippen LogP contribution in [0.2, 0.25) is 0 Å². The lowest BCUT2D eigenvalue weighted by Crippen LogP contribution is -2.48. The van der Waals surface area contributed by atoms with E-state index in [4.69, 9.17) is 15.2 Å². The molecule has 1 heterocycles. The molecule has 0 bridgehead atoms. The lowest BCUT2D eigenvalue weighted by molar-refractivity contribution is 0.0628. The van der Waals surface area contributed by atoms with E-state index < -0.39 is 6.03 Å². The summed E-state index contributed by atoms with van der Waals surface area (Å²) in [6.07, 6.45) is 0. The van der Waals surface area contributed by atoms with Crippen molar-refractivity contribution in [3.05, 3.63) is 53.6 Å². The molecule has 1 saturated heterocycles. The molecule has 0 aliphatic carbocycles. The number of nitrogens with two attached hydrogens (primary N) is 1. The standard InChI is InChI=1S/C21H26N4O4/c1-28-18-7-6-15(12-19(18)29-2)14-24-8-10-25(11-9-24)20(26)16-4-3-5-17(13-16)23-21(22)27/h3-7,12-13H,8-11,14H2,1-2H3,(H3,22,23,27). The summed E-state index contributed by atoms with van der Waals surface area (Å²) in [5.41, 5.74) is 7.31. The number of nitrogens with one attached hydrogen (secondary N) is 1. The molecule has 0 saturated carbocycles. The lowest BCUT2D eigenvalue weighted by Gasteiger charge is -2.35. The van der Waals surface area contributed by atoms with Crippen LogP contribution in [0.5, 0.6) is 11.5 Å². The minimum atomic E-state index is -0.654. The van der Waals surface area contributed by atoms with Crippen molar-refractivity contribution in [3.63, 3.8) is 0 Å². The molecule has 0 atom stereocenters. The topological polar surface area (TPSA) is 97.1 Å². The molecule has 8 heteroatoms. The van der Waals surface area contributed by atoms with E-state index in [2.05, 4.69) is 10.2 Å². The predicted octanol–water partition coefficient (Wildman–Crippen LogP) is 2.15. The van der Waals surface area contributed by atoms with Crippen molar-refractivity contribution in [1.82, 2.24) is 9.80 Å². The third-order valence-corrected chi connectivity index (χ3v) is 4.89. The van der Waals surface area contributed by atoms with E-state index in [1.165, 1.54) is 0 Å². The van der Waals surface area contributed by atoms with Gasteiger partial charge in [-0.05, 0) is 35.9 Å². The number of rotatable bonds is 6. The number of ether oxygens (including phenoxy) is 2. The second kappa shape index (κ2) is 9.29. The van der Waals surface area contributed by atoms with Crippen molar-refractivity contribution < 1.29 is 19.1 Å². The zero-order valence-electron chi connectivity index (χ0n) is 16.7. The van der Waals surface area contributed by atoms with E-state index in [0.717, 1.165) is 25.2 Å². The molecule has 3 amide bonds. The average Bonchev–Trinajstić information content (AvgIpc) is 2.73. The Bertz CT molecular complexity index is 879. The third kappa shape index (κ3) is 5.17. The van der Waals surface area contributed by atoms with Gasteiger partial charge >= 0.3 is 6.03 Å². The number of carbonyl (C=O) groups excluding carboxylic acids is 2. The Morgan fingerprint density at radius 1 is 1.00 bits per heavy atom. The predicted molar refractivity (Wildman–Crippen MR) is 110 cm³/mol. The monoisotopic (exact) mass is 398 g/mol. The van der Waals surface area contributed by atoms with Crippen molar-refractivity contribution in [1.29, 1.82) is 0 Å². The van der Waals surface area contributed by atoms with Crippen LogP contribution in [0.4, 0.5) is 10.5 Å². The third-order valence-electron chi connectivity index (χ3n) is 4.89. The highest BCUT2D eigenvalue weighted by molar-refractivity contribution is 5.96. The molecule has 0 spiro atoms. The largest absolute Gasteiger partial charge is 0.493 e. The van der Waals surface area contributed by atoms with Gasteiger partial charge in [0.15, 0.2) is 11.5 Å². The molecule has 29 heavy (non-hydrogen) atoms. The first-order chi connectivity index (χ1) is 14.0. The van der Waals surface area contributed by atoms with Crippen LogP contribution in [0.15, 0.2) is 42.5 Å². The summed E-state index contributed by atoms with van der Waals surface area (Å²) in [5.74, 6) is 1.37. The molecular formula is C21H26N4O4. The van der Waals surface area contributed by atoms with E-state index in [-0.39, 0.29) is 5.91 Å². The Labute approximate surface area is 170 Å². The van der Waals surface area contributed by atoms with E-state index in [9.17, 15) is 9.59 Å². The van der Waals surface area contributed by atoms with Crippen LogP contribution in [-0.2, 0) is 6.54 Å². The van der Waals surface area contributed by atoms with Crippen LogP contribution >= 0.6 is 0 Å². The lowest BCUT2D eigenvalue weighted by atomic mass is 10.1. The van der Waals surface area contributed by atoms with Gasteiger partial charge in [0.25, 0.3) is 5.91 Å². The van der Waals surface area contributed by atoms with E-state index >= 15 is 0 Å². The maximum atomic E-state index is 12.8. The Kier molecular flexibility index (Phi) is 6.56. The number of piperazine rings is 1. The van der Waals surface area contributed by atoms with Gasteiger partial charge in [-0.15, -0.1) is 0 Å². The average molecular weight is 398 g/mol. The van der Waals surface area contributed by atoms with E-state index in [1.807, 2.05) is 23.1 Å². The minimum Gasteiger partial charge on any atom is -0.493 e. The van der Waals surface area contributed by atoms with Crippen LogP contribution in [-0.4, -0.2) is 62.1 Å². The number of nitrogens with zero attached hydrogens (tertiary/aromatic N) is 2. The minimum absolute atomic E-state index is 0.0520. The van der Waals surface area contributed by atoms with Gasteiger partial charge in [-0.3, -0.25) is 9.69 Å². The molecule has 2 aromatic carbocycles. The number of amides is 3. The normalized spacial score (nSPS) is 14.3. The number of carbonyl (C=O) groups is 2. The highest BCUT2D eigenvalue weighted by Gasteiger charge is 2.22. The molecule has 3 N–H and O–H groups in total. The van der Waals surface area contributed by atoms with Crippen LogP contribution in [0.1, 0.15) is 15.9 Å². The number of benzene rings is 2. The fraction of sp³-hybridized carbons (Fsp3) is 0.333. The highest BCUT2D eigenvalue weighted by atomic mass is 16.5. The van der Waals surface area contributed by atoms with Crippen molar-refractivity contribution in [2.24, 2.45) is 5.73 Å². The highest BCUT2D eigenvalue weighted by Crippen LogP contribution is 2.28. The van der Waals surface area contributed by atoms with Gasteiger partial charge in [0.2, 0.25) is 0 Å². The first kappa shape index (κ1) is 20.5. The molecule has 0 unspecified atom stereocenters. The molecule has 3 rings (SSSR count). The summed E-state index contributed by atoms with van der Waals surface area (Å²) >= 11 is 0. The van der Waals surface area contributed by atoms with E-state index in [0.29, 0.717) is 35.8 Å². The summed E-state index contributed by atoms with van der Waals surface area (Å²) in [5, 5.41) is 2.50. The van der Waals surface area contributed by atoms with Crippen molar-refractivity contribution >= 4 is 17.6 Å². The number of urea groups is 1. The molecule has 1 aliphatic rings. The van der Waals surface area contributed by atoms with E-state index in [1.54, 1.807) is 38.5 Å². The van der Waals surface area contributed by atoms with Crippen LogP contribution < -0.4 is 20.5 Å². The summed E-state index contributed by atoms with van der Waals surface area (Å²) in [4.78, 5) is 27.9.